The molecule has 1 amide bonds. The second-order valence-corrected chi connectivity index (χ2v) is 8.61. The quantitative estimate of drug-likeness (QED) is 0.393. The van der Waals surface area contributed by atoms with Gasteiger partial charge in [0.05, 0.1) is 23.6 Å². The Kier molecular flexibility index (Phi) is 5.17. The van der Waals surface area contributed by atoms with Crippen molar-refractivity contribution in [1.29, 1.82) is 0 Å². The molecular weight excluding hydrogens is 446 g/mol. The predicted molar refractivity (Wildman–Crippen MR) is 129 cm³/mol. The van der Waals surface area contributed by atoms with Crippen LogP contribution in [0.3, 0.4) is 0 Å². The molecule has 0 fully saturated rings. The molecule has 35 heavy (non-hydrogen) atoms. The van der Waals surface area contributed by atoms with E-state index < -0.39 is 6.04 Å². The molecule has 4 aromatic rings. The summed E-state index contributed by atoms with van der Waals surface area (Å²) in [6, 6.07) is 19.5. The molecule has 1 aromatic heterocycles. The molecule has 0 saturated heterocycles. The number of rotatable bonds is 6. The van der Waals surface area contributed by atoms with Crippen LogP contribution in [0.15, 0.2) is 75.9 Å². The Balaban J connectivity index is 1.49. The van der Waals surface area contributed by atoms with E-state index in [0.717, 1.165) is 17.5 Å². The van der Waals surface area contributed by atoms with E-state index in [4.69, 9.17) is 18.6 Å². The SMILES string of the molecule is CCCOc1cccc(C2c3c(oc4ccccc4c3=O)C(=O)N2Cc2ccc3c(c2)OCO3)c1. The van der Waals surface area contributed by atoms with Gasteiger partial charge in [-0.15, -0.1) is 0 Å². The summed E-state index contributed by atoms with van der Waals surface area (Å²) in [4.78, 5) is 29.0. The van der Waals surface area contributed by atoms with E-state index >= 15 is 0 Å². The zero-order chi connectivity index (χ0) is 23.9. The number of amides is 1. The number of fused-ring (bicyclic) bond motifs is 3. The van der Waals surface area contributed by atoms with Crippen LogP contribution in [0.1, 0.15) is 46.6 Å². The van der Waals surface area contributed by atoms with Crippen LogP contribution in [-0.2, 0) is 6.54 Å². The highest BCUT2D eigenvalue weighted by Crippen LogP contribution is 2.41. The van der Waals surface area contributed by atoms with Crippen LogP contribution in [0.25, 0.3) is 11.0 Å². The summed E-state index contributed by atoms with van der Waals surface area (Å²) in [7, 11) is 0. The molecule has 0 radical (unpaired) electrons. The number of hydrogen-bond donors (Lipinski definition) is 0. The Morgan fingerprint density at radius 2 is 1.83 bits per heavy atom. The smallest absolute Gasteiger partial charge is 0.291 e. The van der Waals surface area contributed by atoms with E-state index in [0.29, 0.717) is 40.4 Å². The highest BCUT2D eigenvalue weighted by molar-refractivity contribution is 5.99. The fourth-order valence-electron chi connectivity index (χ4n) is 4.71. The van der Waals surface area contributed by atoms with Gasteiger partial charge in [-0.1, -0.05) is 37.3 Å². The van der Waals surface area contributed by atoms with Gasteiger partial charge in [0.2, 0.25) is 12.6 Å². The van der Waals surface area contributed by atoms with Gasteiger partial charge >= 0.3 is 0 Å². The van der Waals surface area contributed by atoms with Crippen LogP contribution in [0, 0.1) is 0 Å². The Morgan fingerprint density at radius 1 is 0.971 bits per heavy atom. The summed E-state index contributed by atoms with van der Waals surface area (Å²) in [5.41, 5.74) is 2.19. The highest BCUT2D eigenvalue weighted by Gasteiger charge is 2.43. The molecule has 0 saturated carbocycles. The second-order valence-electron chi connectivity index (χ2n) is 8.61. The van der Waals surface area contributed by atoms with Gasteiger partial charge in [0.15, 0.2) is 16.9 Å². The summed E-state index contributed by atoms with van der Waals surface area (Å²) in [6.07, 6.45) is 0.876. The lowest BCUT2D eigenvalue weighted by Crippen LogP contribution is -2.29. The molecule has 0 bridgehead atoms. The first-order valence-corrected chi connectivity index (χ1v) is 11.6. The van der Waals surface area contributed by atoms with Crippen LogP contribution in [-0.4, -0.2) is 24.2 Å². The van der Waals surface area contributed by atoms with E-state index in [-0.39, 0.29) is 30.4 Å². The summed E-state index contributed by atoms with van der Waals surface area (Å²) in [5, 5.41) is 0.451. The molecule has 1 unspecified atom stereocenters. The normalized spacial score (nSPS) is 16.1. The first-order chi connectivity index (χ1) is 17.1. The van der Waals surface area contributed by atoms with Crippen LogP contribution in [0.5, 0.6) is 17.2 Å². The lowest BCUT2D eigenvalue weighted by atomic mass is 9.98. The monoisotopic (exact) mass is 469 g/mol. The number of nitrogens with zero attached hydrogens (tertiary/aromatic N) is 1. The minimum Gasteiger partial charge on any atom is -0.494 e. The molecule has 0 spiro atoms. The van der Waals surface area contributed by atoms with Crippen LogP contribution in [0.2, 0.25) is 0 Å². The Labute approximate surface area is 201 Å². The maximum absolute atomic E-state index is 13.7. The third-order valence-corrected chi connectivity index (χ3v) is 6.31. The molecule has 2 aliphatic heterocycles. The highest BCUT2D eigenvalue weighted by atomic mass is 16.7. The summed E-state index contributed by atoms with van der Waals surface area (Å²) >= 11 is 0. The molecule has 3 heterocycles. The van der Waals surface area contributed by atoms with Crippen molar-refractivity contribution in [3.8, 4) is 17.2 Å². The average molecular weight is 469 g/mol. The molecule has 7 heteroatoms. The number of carbonyl (C=O) groups excluding carboxylic acids is 1. The van der Waals surface area contributed by atoms with Gasteiger partial charge in [0.1, 0.15) is 11.3 Å². The molecule has 0 N–H and O–H groups in total. The average Bonchev–Trinajstić information content (AvgIpc) is 3.46. The molecule has 3 aromatic carbocycles. The van der Waals surface area contributed by atoms with Crippen molar-refractivity contribution >= 4 is 16.9 Å². The minimum atomic E-state index is -0.617. The van der Waals surface area contributed by atoms with Crippen molar-refractivity contribution in [3.05, 3.63) is 99.4 Å². The Hall–Kier alpha value is -4.26. The standard InChI is InChI=1S/C28H23NO6/c1-2-12-32-19-7-5-6-18(14-19)25-24-26(30)20-8-3-4-9-21(20)35-27(24)28(31)29(25)15-17-10-11-22-23(13-17)34-16-33-22/h3-11,13-14,25H,2,12,15-16H2,1H3. The van der Waals surface area contributed by atoms with Crippen LogP contribution in [0.4, 0.5) is 0 Å². The fourth-order valence-corrected chi connectivity index (χ4v) is 4.71. The molecular formula is C28H23NO6. The molecule has 0 aliphatic carbocycles. The number of benzene rings is 3. The molecule has 1 atom stereocenters. The summed E-state index contributed by atoms with van der Waals surface area (Å²) in [6.45, 7) is 3.06. The largest absolute Gasteiger partial charge is 0.494 e. The minimum absolute atomic E-state index is 0.0827. The Morgan fingerprint density at radius 3 is 2.71 bits per heavy atom. The fraction of sp³-hybridized carbons (Fsp3) is 0.214. The van der Waals surface area contributed by atoms with Gasteiger partial charge in [0, 0.05) is 6.54 Å². The molecule has 2 aliphatic rings. The van der Waals surface area contributed by atoms with E-state index in [9.17, 15) is 9.59 Å². The van der Waals surface area contributed by atoms with E-state index in [1.165, 1.54) is 0 Å². The second kappa shape index (κ2) is 8.51. The maximum atomic E-state index is 13.7. The van der Waals surface area contributed by atoms with Gasteiger partial charge in [-0.25, -0.2) is 0 Å². The van der Waals surface area contributed by atoms with Crippen molar-refractivity contribution in [1.82, 2.24) is 4.90 Å². The first-order valence-electron chi connectivity index (χ1n) is 11.6. The van der Waals surface area contributed by atoms with E-state index in [1.807, 2.05) is 49.4 Å². The summed E-state index contributed by atoms with van der Waals surface area (Å²) in [5.74, 6) is 1.76. The third-order valence-electron chi connectivity index (χ3n) is 6.31. The van der Waals surface area contributed by atoms with Crippen molar-refractivity contribution in [3.63, 3.8) is 0 Å². The van der Waals surface area contributed by atoms with Crippen molar-refractivity contribution in [2.24, 2.45) is 0 Å². The number of ether oxygens (including phenoxy) is 3. The maximum Gasteiger partial charge on any atom is 0.291 e. The molecule has 7 nitrogen and oxygen atoms in total. The van der Waals surface area contributed by atoms with Gasteiger partial charge in [-0.2, -0.15) is 0 Å². The number of hydrogen-bond acceptors (Lipinski definition) is 6. The van der Waals surface area contributed by atoms with Gasteiger partial charge in [-0.05, 0) is 53.9 Å². The van der Waals surface area contributed by atoms with Crippen molar-refractivity contribution < 1.29 is 23.4 Å². The topological polar surface area (TPSA) is 78.2 Å². The lowest BCUT2D eigenvalue weighted by molar-refractivity contribution is 0.0714. The number of para-hydroxylation sites is 1. The molecule has 176 valence electrons. The van der Waals surface area contributed by atoms with Crippen LogP contribution >= 0.6 is 0 Å². The lowest BCUT2D eigenvalue weighted by Gasteiger charge is -2.25. The van der Waals surface area contributed by atoms with Gasteiger partial charge < -0.3 is 23.5 Å². The summed E-state index contributed by atoms with van der Waals surface area (Å²) < 4.78 is 22.8. The van der Waals surface area contributed by atoms with Crippen molar-refractivity contribution in [2.75, 3.05) is 13.4 Å². The Bertz CT molecular complexity index is 1510. The zero-order valence-corrected chi connectivity index (χ0v) is 19.2. The van der Waals surface area contributed by atoms with Crippen LogP contribution < -0.4 is 19.6 Å². The van der Waals surface area contributed by atoms with Gasteiger partial charge in [-0.3, -0.25) is 9.59 Å². The first kappa shape index (κ1) is 21.3. The van der Waals surface area contributed by atoms with E-state index in [1.54, 1.807) is 29.2 Å². The number of carbonyl (C=O) groups is 1. The van der Waals surface area contributed by atoms with Gasteiger partial charge in [0.25, 0.3) is 5.91 Å². The van der Waals surface area contributed by atoms with Crippen molar-refractivity contribution in [2.45, 2.75) is 25.9 Å². The third kappa shape index (κ3) is 3.60. The molecule has 6 rings (SSSR count). The predicted octanol–water partition coefficient (Wildman–Crippen LogP) is 5.06. The van der Waals surface area contributed by atoms with E-state index in [2.05, 4.69) is 0 Å². The zero-order valence-electron chi connectivity index (χ0n) is 19.2.